The van der Waals surface area contributed by atoms with Gasteiger partial charge in [-0.25, -0.2) is 0 Å². The lowest BCUT2D eigenvalue weighted by atomic mass is 9.92. The highest BCUT2D eigenvalue weighted by Gasteiger charge is 2.52. The summed E-state index contributed by atoms with van der Waals surface area (Å²) in [4.78, 5) is 47.8. The predicted molar refractivity (Wildman–Crippen MR) is 282 cm³/mol. The van der Waals surface area contributed by atoms with E-state index in [9.17, 15) is 24.3 Å². The van der Waals surface area contributed by atoms with Crippen molar-refractivity contribution in [3.63, 3.8) is 0 Å². The third kappa shape index (κ3) is 38.7. The monoisotopic (exact) mass is 1050 g/mol. The Morgan fingerprint density at radius 3 is 1.10 bits per heavy atom. The van der Waals surface area contributed by atoms with Gasteiger partial charge in [-0.1, -0.05) is 181 Å². The Balaban J connectivity index is 2.51. The van der Waals surface area contributed by atoms with Gasteiger partial charge < -0.3 is 57.2 Å². The fourth-order valence-electron chi connectivity index (χ4n) is 8.91. The first-order valence-electron chi connectivity index (χ1n) is 28.9. The Hall–Kier alpha value is -2.44. The molecule has 0 radical (unpaired) electrons. The second-order valence-corrected chi connectivity index (χ2v) is 20.2. The molecule has 1 aliphatic heterocycles. The molecular weight excluding hydrogens is 941 g/mol. The normalized spacial score (nSPS) is 17.9. The molecule has 0 aromatic carbocycles. The third-order valence-electron chi connectivity index (χ3n) is 13.0. The molecule has 430 valence electrons. The number of aliphatic hydroxyl groups is 1. The molecule has 1 saturated heterocycles. The van der Waals surface area contributed by atoms with Gasteiger partial charge in [-0.2, -0.15) is 0 Å². The Morgan fingerprint density at radius 2 is 0.726 bits per heavy atom. The summed E-state index contributed by atoms with van der Waals surface area (Å²) < 4.78 is 63.1. The van der Waals surface area contributed by atoms with E-state index in [2.05, 4.69) is 13.8 Å². The minimum absolute atomic E-state index is 0.0248. The van der Waals surface area contributed by atoms with Crippen LogP contribution < -0.4 is 0 Å². The highest BCUT2D eigenvalue weighted by atomic mass is 16.7. The van der Waals surface area contributed by atoms with Gasteiger partial charge in [0.2, 0.25) is 0 Å². The molecule has 0 aromatic rings. The zero-order valence-electron chi connectivity index (χ0n) is 46.9. The molecular formula is C57H106O16. The Bertz CT molecular complexity index is 1280. The molecule has 16 nitrogen and oxygen atoms in total. The average Bonchev–Trinajstić information content (AvgIpc) is 3.35. The summed E-state index contributed by atoms with van der Waals surface area (Å²) in [7, 11) is 0. The highest BCUT2D eigenvalue weighted by molar-refractivity contribution is 5.68. The van der Waals surface area contributed by atoms with Gasteiger partial charge in [-0.3, -0.25) is 19.2 Å². The van der Waals surface area contributed by atoms with Gasteiger partial charge in [0.1, 0.15) is 12.7 Å². The Kier molecular flexibility index (Phi) is 45.1. The molecule has 1 aliphatic rings. The lowest BCUT2D eigenvalue weighted by Crippen LogP contribution is -2.63. The molecule has 1 heterocycles. The number of unbranched alkanes of at least 4 members (excludes halogenated alkanes) is 26. The minimum Gasteiger partial charge on any atom is -0.463 e. The van der Waals surface area contributed by atoms with Crippen LogP contribution in [-0.4, -0.2) is 146 Å². The molecule has 0 bridgehead atoms. The van der Waals surface area contributed by atoms with E-state index in [1.165, 1.54) is 168 Å². The average molecular weight is 1050 g/mol. The summed E-state index contributed by atoms with van der Waals surface area (Å²) in [6, 6.07) is 0. The van der Waals surface area contributed by atoms with E-state index in [0.717, 1.165) is 39.5 Å². The summed E-state index contributed by atoms with van der Waals surface area (Å²) in [5.74, 6) is -2.77. The molecule has 1 rings (SSSR count). The van der Waals surface area contributed by atoms with Crippen molar-refractivity contribution in [2.45, 2.75) is 252 Å². The van der Waals surface area contributed by atoms with Crippen LogP contribution in [0.25, 0.3) is 0 Å². The van der Waals surface area contributed by atoms with Crippen LogP contribution in [0.2, 0.25) is 0 Å². The van der Waals surface area contributed by atoms with Crippen LogP contribution in [0.5, 0.6) is 0 Å². The molecule has 0 unspecified atom stereocenters. The molecule has 0 saturated carbocycles. The van der Waals surface area contributed by atoms with Crippen molar-refractivity contribution in [2.24, 2.45) is 5.41 Å². The molecule has 0 aromatic heterocycles. The smallest absolute Gasteiger partial charge is 0.303 e. The van der Waals surface area contributed by atoms with Crippen LogP contribution in [0.3, 0.4) is 0 Å². The van der Waals surface area contributed by atoms with Crippen LogP contribution in [0.1, 0.15) is 221 Å². The summed E-state index contributed by atoms with van der Waals surface area (Å²) in [5.41, 5.74) is -0.675. The zero-order valence-corrected chi connectivity index (χ0v) is 46.9. The van der Waals surface area contributed by atoms with Gasteiger partial charge in [0, 0.05) is 40.9 Å². The quantitative estimate of drug-likeness (QED) is 0.0344. The van der Waals surface area contributed by atoms with Gasteiger partial charge in [0.05, 0.1) is 71.5 Å². The number of esters is 4. The third-order valence-corrected chi connectivity index (χ3v) is 13.0. The summed E-state index contributed by atoms with van der Waals surface area (Å²) >= 11 is 0. The van der Waals surface area contributed by atoms with Crippen molar-refractivity contribution in [3.05, 3.63) is 0 Å². The second kappa shape index (κ2) is 48.0. The molecule has 0 aliphatic carbocycles. The van der Waals surface area contributed by atoms with Crippen molar-refractivity contribution in [2.75, 3.05) is 85.9 Å². The largest absolute Gasteiger partial charge is 0.463 e. The number of hydrogen-bond acceptors (Lipinski definition) is 16. The SMILES string of the molecule is CCCCCCCCCCCCCCCCOCC(CO)(COCCCCCCCCCCCCCCCC)COCCOCCOCCO[C@H]1O[C@H](COC(C)=O)[C@@H](OC(C)=O)[C@H](OC(C)=O)[C@@H]1OC(C)=O. The van der Waals surface area contributed by atoms with E-state index in [1.807, 2.05) is 0 Å². The summed E-state index contributed by atoms with van der Waals surface area (Å²) in [5, 5.41) is 10.7. The van der Waals surface area contributed by atoms with E-state index in [0.29, 0.717) is 39.6 Å². The van der Waals surface area contributed by atoms with Crippen molar-refractivity contribution >= 4 is 23.9 Å². The highest BCUT2D eigenvalue weighted by Crippen LogP contribution is 2.30. The van der Waals surface area contributed by atoms with E-state index in [-0.39, 0.29) is 46.2 Å². The lowest BCUT2D eigenvalue weighted by molar-refractivity contribution is -0.309. The molecule has 1 fully saturated rings. The van der Waals surface area contributed by atoms with Crippen molar-refractivity contribution < 1.29 is 76.4 Å². The topological polar surface area (TPSA) is 190 Å². The molecule has 73 heavy (non-hydrogen) atoms. The first-order chi connectivity index (χ1) is 35.5. The number of rotatable bonds is 52. The molecule has 5 atom stereocenters. The molecule has 16 heteroatoms. The summed E-state index contributed by atoms with van der Waals surface area (Å²) in [6.45, 7) is 12.3. The Labute approximate surface area is 442 Å². The van der Waals surface area contributed by atoms with Gasteiger partial charge in [-0.15, -0.1) is 0 Å². The van der Waals surface area contributed by atoms with E-state index < -0.39 is 60.0 Å². The maximum atomic E-state index is 12.1. The van der Waals surface area contributed by atoms with Gasteiger partial charge in [0.15, 0.2) is 24.6 Å². The molecule has 0 amide bonds. The number of ether oxygens (including phenoxy) is 11. The van der Waals surface area contributed by atoms with E-state index >= 15 is 0 Å². The maximum absolute atomic E-state index is 12.1. The number of carbonyl (C=O) groups is 4. The second-order valence-electron chi connectivity index (χ2n) is 20.2. The fourth-order valence-corrected chi connectivity index (χ4v) is 8.91. The van der Waals surface area contributed by atoms with Crippen molar-refractivity contribution in [1.82, 2.24) is 0 Å². The minimum atomic E-state index is -1.32. The van der Waals surface area contributed by atoms with Crippen LogP contribution in [0.4, 0.5) is 0 Å². The first-order valence-corrected chi connectivity index (χ1v) is 28.9. The fraction of sp³-hybridized carbons (Fsp3) is 0.930. The van der Waals surface area contributed by atoms with Crippen LogP contribution >= 0.6 is 0 Å². The zero-order chi connectivity index (χ0) is 53.5. The van der Waals surface area contributed by atoms with Gasteiger partial charge >= 0.3 is 23.9 Å². The predicted octanol–water partition coefficient (Wildman–Crippen LogP) is 11.1. The van der Waals surface area contributed by atoms with Crippen molar-refractivity contribution in [3.8, 4) is 0 Å². The van der Waals surface area contributed by atoms with Crippen LogP contribution in [-0.2, 0) is 71.3 Å². The van der Waals surface area contributed by atoms with Gasteiger partial charge in [0.25, 0.3) is 0 Å². The van der Waals surface area contributed by atoms with E-state index in [1.54, 1.807) is 0 Å². The number of aliphatic hydroxyl groups excluding tert-OH is 1. The van der Waals surface area contributed by atoms with E-state index in [4.69, 9.17) is 52.1 Å². The molecule has 0 spiro atoms. The van der Waals surface area contributed by atoms with Crippen LogP contribution in [0.15, 0.2) is 0 Å². The number of carbonyl (C=O) groups excluding carboxylic acids is 4. The first kappa shape index (κ1) is 68.6. The van der Waals surface area contributed by atoms with Gasteiger partial charge in [-0.05, 0) is 12.8 Å². The number of hydrogen-bond donors (Lipinski definition) is 1. The standard InChI is InChI=1S/C57H106O16/c1-7-9-11-13-15-17-19-21-23-25-27-29-31-33-35-65-45-57(44-58,46-66-36-34-32-30-28-26-24-22-20-18-16-14-12-10-8-2)47-67-40-39-63-37-38-64-41-42-68-56-55(72-51(6)62)54(71-50(5)61)53(70-49(4)60)52(73-56)43-69-48(3)59/h52-56,58H,7-47H2,1-6H3/t52-,53-,54+,55+,56+/m1/s1. The molecule has 1 N–H and O–H groups in total. The van der Waals surface area contributed by atoms with Crippen LogP contribution in [0, 0.1) is 5.41 Å². The maximum Gasteiger partial charge on any atom is 0.303 e. The summed E-state index contributed by atoms with van der Waals surface area (Å²) in [6.07, 6.45) is 30.2. The van der Waals surface area contributed by atoms with Crippen molar-refractivity contribution in [1.29, 1.82) is 0 Å². The Morgan fingerprint density at radius 1 is 0.397 bits per heavy atom. The lowest BCUT2D eigenvalue weighted by Gasteiger charge is -2.44.